The van der Waals surface area contributed by atoms with E-state index in [4.69, 9.17) is 9.47 Å². The molecule has 6 nitrogen and oxygen atoms in total. The van der Waals surface area contributed by atoms with Crippen molar-refractivity contribution < 1.29 is 9.47 Å². The molecule has 0 aliphatic heterocycles. The van der Waals surface area contributed by atoms with Gasteiger partial charge in [-0.15, -0.1) is 0 Å². The summed E-state index contributed by atoms with van der Waals surface area (Å²) in [7, 11) is 7.13. The summed E-state index contributed by atoms with van der Waals surface area (Å²) < 4.78 is 15.1. The van der Waals surface area contributed by atoms with Crippen LogP contribution in [0.15, 0.2) is 41.6 Å². The smallest absolute Gasteiger partial charge is 0.259 e. The predicted molar refractivity (Wildman–Crippen MR) is 115 cm³/mol. The van der Waals surface area contributed by atoms with Gasteiger partial charge in [0.05, 0.1) is 25.2 Å². The van der Waals surface area contributed by atoms with Crippen molar-refractivity contribution in [2.24, 2.45) is 7.05 Å². The van der Waals surface area contributed by atoms with Gasteiger partial charge in [0.1, 0.15) is 11.5 Å². The Morgan fingerprint density at radius 2 is 1.86 bits per heavy atom. The number of fused-ring (bicyclic) bond motifs is 1. The van der Waals surface area contributed by atoms with Gasteiger partial charge in [0.25, 0.3) is 5.56 Å². The Kier molecular flexibility index (Phi) is 6.26. The Labute approximate surface area is 169 Å². The first-order chi connectivity index (χ1) is 13.5. The van der Waals surface area contributed by atoms with E-state index in [9.17, 15) is 4.79 Å². The number of nitrogens with zero attached hydrogens (tertiary/aromatic N) is 3. The summed E-state index contributed by atoms with van der Waals surface area (Å²) in [5.74, 6) is 2.51. The second kappa shape index (κ2) is 8.67. The van der Waals surface area contributed by atoms with Crippen molar-refractivity contribution in [2.75, 3.05) is 27.0 Å². The third kappa shape index (κ3) is 3.86. The highest BCUT2D eigenvalue weighted by Gasteiger charge is 2.17. The maximum Gasteiger partial charge on any atom is 0.259 e. The van der Waals surface area contributed by atoms with Crippen LogP contribution in [0.3, 0.4) is 0 Å². The molecule has 148 valence electrons. The number of benzene rings is 1. The molecule has 0 N–H and O–H groups in total. The third-order valence-corrected chi connectivity index (χ3v) is 5.46. The molecule has 0 amide bonds. The van der Waals surface area contributed by atoms with Gasteiger partial charge in [-0.25, -0.2) is 4.31 Å². The molecule has 0 fully saturated rings. The lowest BCUT2D eigenvalue weighted by Gasteiger charge is -2.20. The van der Waals surface area contributed by atoms with Crippen LogP contribution in [0.4, 0.5) is 0 Å². The number of rotatable bonds is 7. The predicted octanol–water partition coefficient (Wildman–Crippen LogP) is 3.72. The second-order valence-corrected chi connectivity index (χ2v) is 7.90. The van der Waals surface area contributed by atoms with Gasteiger partial charge in [-0.1, -0.05) is 18.9 Å². The van der Waals surface area contributed by atoms with Gasteiger partial charge in [-0.3, -0.25) is 9.78 Å². The van der Waals surface area contributed by atoms with Gasteiger partial charge in [0.2, 0.25) is 0 Å². The molecule has 0 unspecified atom stereocenters. The topological polar surface area (TPSA) is 56.6 Å². The molecule has 0 saturated heterocycles. The zero-order valence-electron chi connectivity index (χ0n) is 16.9. The van der Waals surface area contributed by atoms with Crippen LogP contribution in [0.5, 0.6) is 11.5 Å². The normalized spacial score (nSPS) is 11.2. The van der Waals surface area contributed by atoms with Crippen LogP contribution < -0.4 is 15.0 Å². The first-order valence-electron chi connectivity index (χ1n) is 9.02. The van der Waals surface area contributed by atoms with Gasteiger partial charge in [-0.2, -0.15) is 0 Å². The number of ether oxygens (including phenoxy) is 2. The Morgan fingerprint density at radius 3 is 2.46 bits per heavy atom. The number of hydrogen-bond acceptors (Lipinski definition) is 6. The van der Waals surface area contributed by atoms with Crippen LogP contribution in [0.1, 0.15) is 12.5 Å². The van der Waals surface area contributed by atoms with E-state index >= 15 is 0 Å². The molecule has 7 heteroatoms. The Bertz CT molecular complexity index is 1020. The average molecular weight is 400 g/mol. The lowest BCUT2D eigenvalue weighted by molar-refractivity contribution is 0.376. The average Bonchev–Trinajstić information content (AvgIpc) is 2.71. The van der Waals surface area contributed by atoms with Crippen molar-refractivity contribution in [3.8, 4) is 22.6 Å². The number of hydrogen-bond donors (Lipinski definition) is 0. The van der Waals surface area contributed by atoms with Crippen molar-refractivity contribution in [1.82, 2.24) is 13.9 Å². The monoisotopic (exact) mass is 399 g/mol. The Hall–Kier alpha value is -2.51. The summed E-state index contributed by atoms with van der Waals surface area (Å²) in [4.78, 5) is 16.6. The third-order valence-electron chi connectivity index (χ3n) is 4.63. The first kappa shape index (κ1) is 20.2. The fourth-order valence-corrected chi connectivity index (χ4v) is 3.99. The highest BCUT2D eigenvalue weighted by Crippen LogP contribution is 2.38. The molecule has 0 saturated carbocycles. The summed E-state index contributed by atoms with van der Waals surface area (Å²) in [6, 6.07) is 5.87. The van der Waals surface area contributed by atoms with Gasteiger partial charge < -0.3 is 14.0 Å². The lowest BCUT2D eigenvalue weighted by atomic mass is 9.99. The molecule has 0 atom stereocenters. The minimum absolute atomic E-state index is 0.0689. The van der Waals surface area contributed by atoms with Crippen LogP contribution in [0.2, 0.25) is 0 Å². The molecule has 0 aliphatic rings. The molecule has 2 aromatic heterocycles. The van der Waals surface area contributed by atoms with Gasteiger partial charge >= 0.3 is 0 Å². The van der Waals surface area contributed by atoms with Crippen LogP contribution in [0, 0.1) is 0 Å². The summed E-state index contributed by atoms with van der Waals surface area (Å²) in [5, 5.41) is 1.44. The van der Waals surface area contributed by atoms with E-state index in [0.29, 0.717) is 11.9 Å². The molecule has 0 radical (unpaired) electrons. The van der Waals surface area contributed by atoms with Gasteiger partial charge in [0.15, 0.2) is 0 Å². The van der Waals surface area contributed by atoms with Crippen LogP contribution in [-0.2, 0) is 13.6 Å². The largest absolute Gasteiger partial charge is 0.496 e. The van der Waals surface area contributed by atoms with Crippen molar-refractivity contribution >= 4 is 22.7 Å². The van der Waals surface area contributed by atoms with E-state index in [1.165, 1.54) is 0 Å². The van der Waals surface area contributed by atoms with Crippen molar-refractivity contribution in [2.45, 2.75) is 13.5 Å². The zero-order chi connectivity index (χ0) is 20.3. The maximum absolute atomic E-state index is 12.5. The molecule has 2 heterocycles. The van der Waals surface area contributed by atoms with Crippen molar-refractivity contribution in [1.29, 1.82) is 0 Å². The highest BCUT2D eigenvalue weighted by molar-refractivity contribution is 7.96. The molecule has 0 aliphatic carbocycles. The number of aromatic nitrogens is 2. The van der Waals surface area contributed by atoms with E-state index in [1.807, 2.05) is 24.4 Å². The Balaban J connectivity index is 2.20. The second-order valence-electron chi connectivity index (χ2n) is 6.44. The minimum atomic E-state index is -0.0689. The molecular formula is C21H25N3O3S. The SMILES string of the molecule is CCSN(C)Cc1c(OC)cc(-c2cn(C)c(=O)c3cnccc23)cc1OC. The molecule has 0 spiro atoms. The quantitative estimate of drug-likeness (QED) is 0.565. The van der Waals surface area contributed by atoms with Crippen LogP contribution in [0.25, 0.3) is 21.9 Å². The van der Waals surface area contributed by atoms with E-state index in [2.05, 4.69) is 23.3 Å². The number of aryl methyl sites for hydroxylation is 1. The van der Waals surface area contributed by atoms with Crippen molar-refractivity contribution in [3.63, 3.8) is 0 Å². The number of methoxy groups -OCH3 is 2. The fraction of sp³-hybridized carbons (Fsp3) is 0.333. The molecule has 28 heavy (non-hydrogen) atoms. The van der Waals surface area contributed by atoms with E-state index in [-0.39, 0.29) is 5.56 Å². The van der Waals surface area contributed by atoms with E-state index < -0.39 is 0 Å². The summed E-state index contributed by atoms with van der Waals surface area (Å²) in [6.07, 6.45) is 5.16. The summed E-state index contributed by atoms with van der Waals surface area (Å²) >= 11 is 1.75. The molecule has 3 rings (SSSR count). The maximum atomic E-state index is 12.5. The van der Waals surface area contributed by atoms with Crippen LogP contribution in [-0.4, -0.2) is 40.9 Å². The molecule has 1 aromatic carbocycles. The van der Waals surface area contributed by atoms with Crippen LogP contribution >= 0.6 is 11.9 Å². The molecule has 3 aromatic rings. The number of pyridine rings is 2. The van der Waals surface area contributed by atoms with E-state index in [1.54, 1.807) is 50.2 Å². The summed E-state index contributed by atoms with van der Waals surface area (Å²) in [5.41, 5.74) is 2.78. The van der Waals surface area contributed by atoms with E-state index in [0.717, 1.165) is 39.3 Å². The molecular weight excluding hydrogens is 374 g/mol. The fourth-order valence-electron chi connectivity index (χ4n) is 3.33. The minimum Gasteiger partial charge on any atom is -0.496 e. The molecule has 0 bridgehead atoms. The Morgan fingerprint density at radius 1 is 1.18 bits per heavy atom. The first-order valence-corrected chi connectivity index (χ1v) is 9.97. The lowest BCUT2D eigenvalue weighted by Crippen LogP contribution is -2.16. The van der Waals surface area contributed by atoms with Gasteiger partial charge in [0, 0.05) is 43.5 Å². The standard InChI is InChI=1S/C21H25N3O3S/c1-6-28-24(3)13-18-19(26-4)9-14(10-20(18)27-5)17-12-23(2)21(25)16-11-22-8-7-15(16)17/h7-12H,6,13H2,1-5H3. The van der Waals surface area contributed by atoms with Crippen molar-refractivity contribution in [3.05, 3.63) is 52.7 Å². The zero-order valence-corrected chi connectivity index (χ0v) is 17.7. The highest BCUT2D eigenvalue weighted by atomic mass is 32.2. The van der Waals surface area contributed by atoms with Gasteiger partial charge in [-0.05, 0) is 36.2 Å². The summed E-state index contributed by atoms with van der Waals surface area (Å²) in [6.45, 7) is 2.82.